The van der Waals surface area contributed by atoms with Crippen molar-refractivity contribution >= 4 is 11.9 Å². The molecule has 0 saturated heterocycles. The number of carbonyl (C=O) groups excluding carboxylic acids is 1. The highest BCUT2D eigenvalue weighted by Crippen LogP contribution is 2.12. The molecule has 1 heterocycles. The summed E-state index contributed by atoms with van der Waals surface area (Å²) >= 11 is 0. The summed E-state index contributed by atoms with van der Waals surface area (Å²) in [5.41, 5.74) is -1.83. The summed E-state index contributed by atoms with van der Waals surface area (Å²) in [6, 6.07) is 0. The zero-order chi connectivity index (χ0) is 16.1. The molecule has 122 valence electrons. The molecule has 0 bridgehead atoms. The minimum atomic E-state index is -1.25. The van der Waals surface area contributed by atoms with E-state index in [1.54, 1.807) is 20.8 Å². The second-order valence-electron chi connectivity index (χ2n) is 6.11. The zero-order valence-corrected chi connectivity index (χ0v) is 12.8. The maximum atomic E-state index is 12.0. The smallest absolute Gasteiger partial charge is 0.410 e. The molecule has 1 amide bonds. The van der Waals surface area contributed by atoms with Crippen LogP contribution in [0, 0.1) is 0 Å². The highest BCUT2D eigenvalue weighted by atomic mass is 16.6. The van der Waals surface area contributed by atoms with E-state index in [0.717, 1.165) is 0 Å². The Kier molecular flexibility index (Phi) is 5.94. The van der Waals surface area contributed by atoms with Crippen molar-refractivity contribution in [2.45, 2.75) is 31.9 Å². The van der Waals surface area contributed by atoms with E-state index in [1.165, 1.54) is 4.90 Å². The lowest BCUT2D eigenvalue weighted by molar-refractivity contribution is 0.0268. The van der Waals surface area contributed by atoms with E-state index in [0.29, 0.717) is 18.9 Å². The van der Waals surface area contributed by atoms with Crippen molar-refractivity contribution in [3.63, 3.8) is 0 Å². The number of nitrogens with zero attached hydrogens (tertiary/aromatic N) is 2. The molecule has 0 spiro atoms. The number of amidine groups is 1. The second-order valence-corrected chi connectivity index (χ2v) is 6.11. The highest BCUT2D eigenvalue weighted by molar-refractivity contribution is 5.88. The van der Waals surface area contributed by atoms with E-state index in [4.69, 9.17) is 4.74 Å². The van der Waals surface area contributed by atoms with E-state index in [-0.39, 0.29) is 6.54 Å². The van der Waals surface area contributed by atoms with Crippen LogP contribution in [-0.2, 0) is 4.74 Å². The van der Waals surface area contributed by atoms with Gasteiger partial charge in [-0.25, -0.2) is 4.79 Å². The van der Waals surface area contributed by atoms with Crippen LogP contribution in [0.15, 0.2) is 4.99 Å². The SMILES string of the molecule is CC(C)(C)OC(=O)N1CCN=C(NC(CO)(CO)CO)C1. The van der Waals surface area contributed by atoms with Gasteiger partial charge in [-0.05, 0) is 20.8 Å². The molecule has 8 heteroatoms. The molecule has 0 aliphatic carbocycles. The fourth-order valence-electron chi connectivity index (χ4n) is 1.75. The average Bonchev–Trinajstić information content (AvgIpc) is 2.43. The summed E-state index contributed by atoms with van der Waals surface area (Å²) in [5, 5.41) is 30.7. The number of ether oxygens (including phenoxy) is 1. The van der Waals surface area contributed by atoms with E-state index in [1.807, 2.05) is 0 Å². The van der Waals surface area contributed by atoms with Gasteiger partial charge in [-0.15, -0.1) is 0 Å². The van der Waals surface area contributed by atoms with Crippen molar-refractivity contribution in [1.82, 2.24) is 10.2 Å². The Morgan fingerprint density at radius 2 is 1.86 bits per heavy atom. The number of amides is 1. The quantitative estimate of drug-likeness (QED) is 0.526. The summed E-state index contributed by atoms with van der Waals surface area (Å²) < 4.78 is 5.29. The van der Waals surface area contributed by atoms with Crippen molar-refractivity contribution in [2.24, 2.45) is 4.99 Å². The summed E-state index contributed by atoms with van der Waals surface area (Å²) in [4.78, 5) is 17.7. The number of aliphatic hydroxyl groups is 3. The molecule has 0 unspecified atom stereocenters. The Morgan fingerprint density at radius 1 is 1.29 bits per heavy atom. The topological polar surface area (TPSA) is 115 Å². The van der Waals surface area contributed by atoms with Gasteiger partial charge < -0.3 is 25.4 Å². The summed E-state index contributed by atoms with van der Waals surface area (Å²) in [6.45, 7) is 5.01. The number of nitrogens with one attached hydrogen (secondary N) is 1. The minimum Gasteiger partial charge on any atom is -0.444 e. The van der Waals surface area contributed by atoms with Gasteiger partial charge in [-0.2, -0.15) is 0 Å². The Hall–Kier alpha value is -1.38. The van der Waals surface area contributed by atoms with Gasteiger partial charge in [-0.1, -0.05) is 0 Å². The maximum Gasteiger partial charge on any atom is 0.410 e. The summed E-state index contributed by atoms with van der Waals surface area (Å²) in [5.74, 6) is 0.421. The number of carbonyl (C=O) groups is 1. The van der Waals surface area contributed by atoms with E-state index < -0.39 is 37.1 Å². The third kappa shape index (κ3) is 5.14. The molecule has 0 aromatic carbocycles. The molecule has 0 atom stereocenters. The molecule has 1 aliphatic heterocycles. The molecule has 1 aliphatic rings. The Balaban J connectivity index is 2.68. The van der Waals surface area contributed by atoms with Crippen LogP contribution in [0.5, 0.6) is 0 Å². The maximum absolute atomic E-state index is 12.0. The van der Waals surface area contributed by atoms with E-state index >= 15 is 0 Å². The molecule has 0 radical (unpaired) electrons. The van der Waals surface area contributed by atoms with Crippen LogP contribution in [0.1, 0.15) is 20.8 Å². The molecule has 0 aromatic heterocycles. The molecule has 0 saturated carbocycles. The van der Waals surface area contributed by atoms with Crippen LogP contribution in [0.3, 0.4) is 0 Å². The highest BCUT2D eigenvalue weighted by Gasteiger charge is 2.32. The lowest BCUT2D eigenvalue weighted by Gasteiger charge is -2.35. The number of aliphatic hydroxyl groups excluding tert-OH is 3. The van der Waals surface area contributed by atoms with Gasteiger partial charge in [0.15, 0.2) is 0 Å². The summed E-state index contributed by atoms with van der Waals surface area (Å²) in [7, 11) is 0. The van der Waals surface area contributed by atoms with Crippen LogP contribution >= 0.6 is 0 Å². The van der Waals surface area contributed by atoms with Gasteiger partial charge in [0.05, 0.1) is 32.9 Å². The monoisotopic (exact) mass is 303 g/mol. The van der Waals surface area contributed by atoms with Crippen LogP contribution in [-0.4, -0.2) is 82.7 Å². The van der Waals surface area contributed by atoms with Crippen LogP contribution in [0.25, 0.3) is 0 Å². The standard InChI is InChI=1S/C13H25N3O5/c1-12(2,3)21-11(20)16-5-4-14-10(6-16)15-13(7-17,8-18)9-19/h17-19H,4-9H2,1-3H3,(H,14,15). The molecular formula is C13H25N3O5. The summed E-state index contributed by atoms with van der Waals surface area (Å²) in [6.07, 6.45) is -0.445. The van der Waals surface area contributed by atoms with E-state index in [2.05, 4.69) is 10.3 Å². The van der Waals surface area contributed by atoms with Gasteiger partial charge in [0.2, 0.25) is 0 Å². The predicted molar refractivity (Wildman–Crippen MR) is 77.2 cm³/mol. The van der Waals surface area contributed by atoms with E-state index in [9.17, 15) is 20.1 Å². The third-order valence-electron chi connectivity index (χ3n) is 2.98. The van der Waals surface area contributed by atoms with Crippen LogP contribution in [0.4, 0.5) is 4.79 Å². The predicted octanol–water partition coefficient (Wildman–Crippen LogP) is -1.06. The molecule has 1 rings (SSSR count). The first kappa shape index (κ1) is 17.7. The van der Waals surface area contributed by atoms with Gasteiger partial charge in [0.25, 0.3) is 0 Å². The van der Waals surface area contributed by atoms with Crippen molar-refractivity contribution in [3.05, 3.63) is 0 Å². The fourth-order valence-corrected chi connectivity index (χ4v) is 1.75. The van der Waals surface area contributed by atoms with Crippen LogP contribution in [0.2, 0.25) is 0 Å². The van der Waals surface area contributed by atoms with Crippen molar-refractivity contribution in [2.75, 3.05) is 39.5 Å². The lowest BCUT2D eigenvalue weighted by atomic mass is 10.0. The van der Waals surface area contributed by atoms with Crippen LogP contribution < -0.4 is 5.32 Å². The first-order valence-electron chi connectivity index (χ1n) is 6.87. The first-order chi connectivity index (χ1) is 9.75. The number of hydrogen-bond donors (Lipinski definition) is 4. The van der Waals surface area contributed by atoms with Gasteiger partial charge in [-0.3, -0.25) is 9.89 Å². The Bertz CT molecular complexity index is 379. The largest absolute Gasteiger partial charge is 0.444 e. The Labute approximate surface area is 124 Å². The molecule has 21 heavy (non-hydrogen) atoms. The van der Waals surface area contributed by atoms with Crippen molar-refractivity contribution in [3.8, 4) is 0 Å². The normalized spacial score (nSPS) is 16.5. The first-order valence-corrected chi connectivity index (χ1v) is 6.87. The lowest BCUT2D eigenvalue weighted by Crippen LogP contribution is -2.60. The zero-order valence-electron chi connectivity index (χ0n) is 12.8. The second kappa shape index (κ2) is 7.06. The van der Waals surface area contributed by atoms with Crippen molar-refractivity contribution < 1.29 is 24.9 Å². The van der Waals surface area contributed by atoms with Crippen molar-refractivity contribution in [1.29, 1.82) is 0 Å². The average molecular weight is 303 g/mol. The van der Waals surface area contributed by atoms with Gasteiger partial charge in [0.1, 0.15) is 17.0 Å². The third-order valence-corrected chi connectivity index (χ3v) is 2.98. The molecule has 0 aromatic rings. The van der Waals surface area contributed by atoms with Gasteiger partial charge >= 0.3 is 6.09 Å². The molecule has 8 nitrogen and oxygen atoms in total. The molecule has 4 N–H and O–H groups in total. The fraction of sp³-hybridized carbons (Fsp3) is 0.846. The Morgan fingerprint density at radius 3 is 2.33 bits per heavy atom. The minimum absolute atomic E-state index is 0.177. The molecular weight excluding hydrogens is 278 g/mol. The number of rotatable bonds is 4. The number of hydrogen-bond acceptors (Lipinski definition) is 7. The molecule has 0 fully saturated rings. The number of aliphatic imine (C=N–C) groups is 1. The van der Waals surface area contributed by atoms with Gasteiger partial charge in [0, 0.05) is 6.54 Å².